The van der Waals surface area contributed by atoms with Crippen molar-refractivity contribution in [2.45, 2.75) is 13.0 Å². The molecule has 1 aromatic carbocycles. The highest BCUT2D eigenvalue weighted by Crippen LogP contribution is 2.18. The van der Waals surface area contributed by atoms with Crippen molar-refractivity contribution in [1.82, 2.24) is 14.8 Å². The molecule has 0 spiro atoms. The first-order valence-corrected chi connectivity index (χ1v) is 7.99. The quantitative estimate of drug-likeness (QED) is 0.804. The van der Waals surface area contributed by atoms with Crippen LogP contribution >= 0.6 is 0 Å². The molecule has 1 fully saturated rings. The molecule has 0 amide bonds. The molecular formula is C18H23N3O2. The Kier molecular flexibility index (Phi) is 4.88. The van der Waals surface area contributed by atoms with Gasteiger partial charge in [-0.25, -0.2) is 0 Å². The van der Waals surface area contributed by atoms with E-state index in [1.165, 1.54) is 12.7 Å². The maximum atomic E-state index is 11.4. The fourth-order valence-electron chi connectivity index (χ4n) is 2.93. The van der Waals surface area contributed by atoms with E-state index >= 15 is 0 Å². The van der Waals surface area contributed by atoms with Crippen LogP contribution in [0.1, 0.15) is 11.1 Å². The first kappa shape index (κ1) is 15.9. The second-order valence-corrected chi connectivity index (χ2v) is 6.20. The van der Waals surface area contributed by atoms with E-state index in [9.17, 15) is 4.79 Å². The van der Waals surface area contributed by atoms with Crippen molar-refractivity contribution < 1.29 is 9.53 Å². The minimum atomic E-state index is -0.217. The zero-order chi connectivity index (χ0) is 16.2. The minimum absolute atomic E-state index is 0.217. The SMILES string of the molecule is COC(=O)Cc1ccc2ncc(CN3CCN(C)CC3)cc2c1. The van der Waals surface area contributed by atoms with Gasteiger partial charge >= 0.3 is 5.97 Å². The second-order valence-electron chi connectivity index (χ2n) is 6.20. The van der Waals surface area contributed by atoms with E-state index in [2.05, 4.69) is 27.9 Å². The molecule has 1 aliphatic rings. The zero-order valence-corrected chi connectivity index (χ0v) is 13.8. The summed E-state index contributed by atoms with van der Waals surface area (Å²) in [5, 5.41) is 1.08. The van der Waals surface area contributed by atoms with Crippen molar-refractivity contribution in [3.05, 3.63) is 41.6 Å². The van der Waals surface area contributed by atoms with Gasteiger partial charge in [-0.15, -0.1) is 0 Å². The number of nitrogens with zero attached hydrogens (tertiary/aromatic N) is 3. The lowest BCUT2D eigenvalue weighted by Crippen LogP contribution is -2.43. The van der Waals surface area contributed by atoms with Crippen molar-refractivity contribution in [3.63, 3.8) is 0 Å². The number of carbonyl (C=O) groups excluding carboxylic acids is 1. The van der Waals surface area contributed by atoms with Crippen molar-refractivity contribution in [3.8, 4) is 0 Å². The van der Waals surface area contributed by atoms with Crippen LogP contribution in [0.15, 0.2) is 30.5 Å². The Morgan fingerprint density at radius 3 is 2.65 bits per heavy atom. The highest BCUT2D eigenvalue weighted by Gasteiger charge is 2.14. The Hall–Kier alpha value is -1.98. The van der Waals surface area contributed by atoms with Crippen molar-refractivity contribution in [2.24, 2.45) is 0 Å². The molecule has 5 heteroatoms. The molecule has 2 heterocycles. The maximum Gasteiger partial charge on any atom is 0.309 e. The van der Waals surface area contributed by atoms with Crippen LogP contribution in [-0.2, 0) is 22.5 Å². The van der Waals surface area contributed by atoms with Crippen LogP contribution in [-0.4, -0.2) is 61.1 Å². The predicted octanol–water partition coefficient (Wildman–Crippen LogP) is 1.70. The number of methoxy groups -OCH3 is 1. The molecular weight excluding hydrogens is 290 g/mol. The average molecular weight is 313 g/mol. The molecule has 0 atom stereocenters. The number of likely N-dealkylation sites (N-methyl/N-ethyl adjacent to an activating group) is 1. The number of piperazine rings is 1. The summed E-state index contributed by atoms with van der Waals surface area (Å²) in [7, 11) is 3.58. The lowest BCUT2D eigenvalue weighted by atomic mass is 10.1. The molecule has 1 aliphatic heterocycles. The van der Waals surface area contributed by atoms with E-state index in [0.29, 0.717) is 6.42 Å². The van der Waals surface area contributed by atoms with Crippen molar-refractivity contribution >= 4 is 16.9 Å². The van der Waals surface area contributed by atoms with E-state index in [1.54, 1.807) is 0 Å². The van der Waals surface area contributed by atoms with E-state index in [1.807, 2.05) is 24.4 Å². The summed E-state index contributed by atoms with van der Waals surface area (Å²) in [5.41, 5.74) is 3.14. The molecule has 23 heavy (non-hydrogen) atoms. The lowest BCUT2D eigenvalue weighted by molar-refractivity contribution is -0.139. The monoisotopic (exact) mass is 313 g/mol. The zero-order valence-electron chi connectivity index (χ0n) is 13.8. The molecule has 0 N–H and O–H groups in total. The first-order chi connectivity index (χ1) is 11.1. The Bertz CT molecular complexity index is 694. The molecule has 122 valence electrons. The van der Waals surface area contributed by atoms with Gasteiger partial charge < -0.3 is 9.64 Å². The summed E-state index contributed by atoms with van der Waals surface area (Å²) in [6.45, 7) is 5.35. The number of fused-ring (bicyclic) bond motifs is 1. The van der Waals surface area contributed by atoms with Gasteiger partial charge in [0.1, 0.15) is 0 Å². The van der Waals surface area contributed by atoms with E-state index in [4.69, 9.17) is 4.74 Å². The Labute approximate surface area is 136 Å². The van der Waals surface area contributed by atoms with Gasteiger partial charge in [0.15, 0.2) is 0 Å². The van der Waals surface area contributed by atoms with Gasteiger partial charge in [-0.3, -0.25) is 14.7 Å². The predicted molar refractivity (Wildman–Crippen MR) is 90.2 cm³/mol. The third-order valence-electron chi connectivity index (χ3n) is 4.38. The summed E-state index contributed by atoms with van der Waals surface area (Å²) in [5.74, 6) is -0.217. The molecule has 5 nitrogen and oxygen atoms in total. The van der Waals surface area contributed by atoms with Crippen molar-refractivity contribution in [2.75, 3.05) is 40.3 Å². The summed E-state index contributed by atoms with van der Waals surface area (Å²) in [6, 6.07) is 8.12. The fraction of sp³-hybridized carbons (Fsp3) is 0.444. The van der Waals surface area contributed by atoms with Gasteiger partial charge in [0, 0.05) is 44.3 Å². The van der Waals surface area contributed by atoms with Gasteiger partial charge in [0.2, 0.25) is 0 Å². The first-order valence-electron chi connectivity index (χ1n) is 7.99. The summed E-state index contributed by atoms with van der Waals surface area (Å²) < 4.78 is 4.73. The van der Waals surface area contributed by atoms with Gasteiger partial charge in [0.05, 0.1) is 19.0 Å². The number of aromatic nitrogens is 1. The van der Waals surface area contributed by atoms with Crippen LogP contribution in [0.2, 0.25) is 0 Å². The largest absolute Gasteiger partial charge is 0.469 e. The van der Waals surface area contributed by atoms with E-state index in [0.717, 1.165) is 49.2 Å². The highest BCUT2D eigenvalue weighted by atomic mass is 16.5. The number of benzene rings is 1. The summed E-state index contributed by atoms with van der Waals surface area (Å²) in [4.78, 5) is 20.8. The molecule has 1 aromatic heterocycles. The number of carbonyl (C=O) groups is 1. The second kappa shape index (κ2) is 7.06. The van der Waals surface area contributed by atoms with E-state index < -0.39 is 0 Å². The normalized spacial score (nSPS) is 16.6. The van der Waals surface area contributed by atoms with Gasteiger partial charge in [0.25, 0.3) is 0 Å². The minimum Gasteiger partial charge on any atom is -0.469 e. The Morgan fingerprint density at radius 2 is 1.91 bits per heavy atom. The van der Waals surface area contributed by atoms with Crippen LogP contribution in [0, 0.1) is 0 Å². The van der Waals surface area contributed by atoms with Crippen LogP contribution < -0.4 is 0 Å². The summed E-state index contributed by atoms with van der Waals surface area (Å²) in [6.07, 6.45) is 2.26. The van der Waals surface area contributed by atoms with Gasteiger partial charge in [-0.05, 0) is 36.4 Å². The molecule has 0 aliphatic carbocycles. The molecule has 3 rings (SSSR count). The molecule has 0 saturated carbocycles. The molecule has 0 unspecified atom stereocenters. The third-order valence-corrected chi connectivity index (χ3v) is 4.38. The smallest absolute Gasteiger partial charge is 0.309 e. The number of esters is 1. The average Bonchev–Trinajstić information content (AvgIpc) is 2.56. The highest BCUT2D eigenvalue weighted by molar-refractivity contribution is 5.81. The van der Waals surface area contributed by atoms with Crippen LogP contribution in [0.25, 0.3) is 10.9 Å². The molecule has 0 bridgehead atoms. The van der Waals surface area contributed by atoms with Crippen LogP contribution in [0.5, 0.6) is 0 Å². The standard InChI is InChI=1S/C18H23N3O2/c1-20-5-7-21(8-6-20)13-15-10-16-9-14(11-18(22)23-2)3-4-17(16)19-12-15/h3-4,9-10,12H,5-8,11,13H2,1-2H3. The number of ether oxygens (including phenoxy) is 1. The maximum absolute atomic E-state index is 11.4. The van der Waals surface area contributed by atoms with Gasteiger partial charge in [-0.1, -0.05) is 6.07 Å². The fourth-order valence-corrected chi connectivity index (χ4v) is 2.93. The Morgan fingerprint density at radius 1 is 1.17 bits per heavy atom. The molecule has 1 saturated heterocycles. The topological polar surface area (TPSA) is 45.7 Å². The number of hydrogen-bond donors (Lipinski definition) is 0. The number of hydrogen-bond acceptors (Lipinski definition) is 5. The lowest BCUT2D eigenvalue weighted by Gasteiger charge is -2.32. The third kappa shape index (κ3) is 4.06. The Balaban J connectivity index is 1.75. The molecule has 0 radical (unpaired) electrons. The van der Waals surface area contributed by atoms with Gasteiger partial charge in [-0.2, -0.15) is 0 Å². The van der Waals surface area contributed by atoms with Crippen molar-refractivity contribution in [1.29, 1.82) is 0 Å². The number of pyridine rings is 1. The molecule has 2 aromatic rings. The summed E-state index contributed by atoms with van der Waals surface area (Å²) >= 11 is 0. The van der Waals surface area contributed by atoms with E-state index in [-0.39, 0.29) is 5.97 Å². The van der Waals surface area contributed by atoms with Crippen LogP contribution in [0.3, 0.4) is 0 Å². The number of rotatable bonds is 4. The van der Waals surface area contributed by atoms with Crippen LogP contribution in [0.4, 0.5) is 0 Å².